The van der Waals surface area contributed by atoms with Gasteiger partial charge < -0.3 is 20.2 Å². The van der Waals surface area contributed by atoms with Gasteiger partial charge in [0.15, 0.2) is 5.69 Å². The number of esters is 1. The van der Waals surface area contributed by atoms with Gasteiger partial charge in [-0.3, -0.25) is 9.48 Å². The van der Waals surface area contributed by atoms with Crippen LogP contribution in [0.1, 0.15) is 29.1 Å². The van der Waals surface area contributed by atoms with Crippen molar-refractivity contribution >= 4 is 23.4 Å². The smallest absolute Gasteiger partial charge is 0.390 e. The van der Waals surface area contributed by atoms with E-state index in [1.54, 1.807) is 6.92 Å². The van der Waals surface area contributed by atoms with Crippen LogP contribution >= 0.6 is 0 Å². The average Bonchev–Trinajstić information content (AvgIpc) is 3.09. The highest BCUT2D eigenvalue weighted by Crippen LogP contribution is 2.20. The fourth-order valence-corrected chi connectivity index (χ4v) is 2.17. The number of rotatable bonds is 5. The van der Waals surface area contributed by atoms with Crippen molar-refractivity contribution in [2.24, 2.45) is 7.05 Å². The summed E-state index contributed by atoms with van der Waals surface area (Å²) in [4.78, 5) is 34.3. The quantitative estimate of drug-likeness (QED) is 0.485. The van der Waals surface area contributed by atoms with Gasteiger partial charge >= 0.3 is 11.8 Å². The first-order chi connectivity index (χ1) is 11.3. The molecule has 11 nitrogen and oxygen atoms in total. The summed E-state index contributed by atoms with van der Waals surface area (Å²) in [6.07, 6.45) is 1.31. The van der Waals surface area contributed by atoms with Crippen molar-refractivity contribution in [1.82, 2.24) is 19.6 Å². The molecule has 0 saturated heterocycles. The molecule has 0 aliphatic heterocycles. The van der Waals surface area contributed by atoms with Gasteiger partial charge in [-0.15, -0.1) is 0 Å². The van der Waals surface area contributed by atoms with Crippen molar-refractivity contribution in [1.29, 1.82) is 0 Å². The number of nitro groups is 1. The number of hydrogen-bond donors (Lipinski definition) is 1. The molecule has 1 N–H and O–H groups in total. The van der Waals surface area contributed by atoms with Gasteiger partial charge in [-0.05, 0) is 18.8 Å². The Hall–Kier alpha value is -3.24. The van der Waals surface area contributed by atoms with Gasteiger partial charge in [0.25, 0.3) is 5.91 Å². The van der Waals surface area contributed by atoms with Crippen molar-refractivity contribution in [2.75, 3.05) is 12.4 Å². The Morgan fingerprint density at radius 2 is 2.12 bits per heavy atom. The Morgan fingerprint density at radius 3 is 2.67 bits per heavy atom. The Balaban J connectivity index is 2.24. The zero-order chi connectivity index (χ0) is 18.0. The van der Waals surface area contributed by atoms with Crippen molar-refractivity contribution in [3.63, 3.8) is 0 Å². The minimum atomic E-state index is -0.829. The maximum Gasteiger partial charge on any atom is 0.390 e. The monoisotopic (exact) mass is 336 g/mol. The second-order valence-corrected chi connectivity index (χ2v) is 5.03. The number of nitrogens with zero attached hydrogens (tertiary/aromatic N) is 5. The molecule has 0 aromatic carbocycles. The van der Waals surface area contributed by atoms with Crippen LogP contribution in [-0.2, 0) is 16.6 Å². The number of anilines is 1. The van der Waals surface area contributed by atoms with E-state index in [4.69, 9.17) is 0 Å². The van der Waals surface area contributed by atoms with Crippen molar-refractivity contribution in [2.45, 2.75) is 19.9 Å². The highest BCUT2D eigenvalue weighted by atomic mass is 16.6. The zero-order valence-corrected chi connectivity index (χ0v) is 13.5. The van der Waals surface area contributed by atoms with Crippen LogP contribution in [0.15, 0.2) is 12.3 Å². The minimum Gasteiger partial charge on any atom is -0.464 e. The number of aromatic nitrogens is 4. The molecule has 2 aromatic heterocycles. The molecule has 1 unspecified atom stereocenters. The van der Waals surface area contributed by atoms with Crippen LogP contribution in [0.5, 0.6) is 0 Å². The lowest BCUT2D eigenvalue weighted by molar-refractivity contribution is -0.389. The van der Waals surface area contributed by atoms with E-state index in [9.17, 15) is 19.7 Å². The van der Waals surface area contributed by atoms with E-state index in [0.717, 1.165) is 0 Å². The van der Waals surface area contributed by atoms with Gasteiger partial charge in [-0.1, -0.05) is 0 Å². The number of carbonyl (C=O) groups excluding carboxylic acids is 2. The van der Waals surface area contributed by atoms with Gasteiger partial charge in [0.2, 0.25) is 0 Å². The third kappa shape index (κ3) is 3.09. The van der Waals surface area contributed by atoms with Crippen LogP contribution in [-0.4, -0.2) is 43.5 Å². The van der Waals surface area contributed by atoms with E-state index in [0.29, 0.717) is 5.69 Å². The maximum atomic E-state index is 12.4. The molecule has 0 fully saturated rings. The minimum absolute atomic E-state index is 0.0845. The number of hydrogen-bond acceptors (Lipinski definition) is 7. The Labute approximate surface area is 136 Å². The molecule has 0 saturated carbocycles. The molecular formula is C13H16N6O5. The predicted molar refractivity (Wildman–Crippen MR) is 81.5 cm³/mol. The summed E-state index contributed by atoms with van der Waals surface area (Å²) in [6.45, 7) is 3.14. The van der Waals surface area contributed by atoms with Crippen molar-refractivity contribution in [3.05, 3.63) is 33.8 Å². The van der Waals surface area contributed by atoms with Crippen molar-refractivity contribution in [3.8, 4) is 0 Å². The summed E-state index contributed by atoms with van der Waals surface area (Å²) in [7, 11) is 2.75. The van der Waals surface area contributed by atoms with E-state index in [1.165, 1.54) is 42.7 Å². The number of carbonyl (C=O) groups is 2. The molecule has 1 atom stereocenters. The van der Waals surface area contributed by atoms with Gasteiger partial charge in [-0.2, -0.15) is 9.78 Å². The maximum absolute atomic E-state index is 12.4. The van der Waals surface area contributed by atoms with Crippen LogP contribution in [0.2, 0.25) is 0 Å². The first kappa shape index (κ1) is 17.1. The standard InChI is InChI=1S/C13H16N6O5/c1-7-5-10(19(22)23)16-18(7)8(2)12(20)15-9-6-14-17(3)11(9)13(21)24-4/h5-6,8H,1-4H3,(H,15,20). The Kier molecular flexibility index (Phi) is 4.62. The van der Waals surface area contributed by atoms with Crippen LogP contribution in [0.25, 0.3) is 0 Å². The third-order valence-electron chi connectivity index (χ3n) is 3.42. The molecule has 24 heavy (non-hydrogen) atoms. The molecule has 0 aliphatic rings. The van der Waals surface area contributed by atoms with Crippen LogP contribution in [0.4, 0.5) is 11.5 Å². The molecule has 128 valence electrons. The molecule has 0 bridgehead atoms. The second kappa shape index (κ2) is 6.48. The fraction of sp³-hybridized carbons (Fsp3) is 0.385. The first-order valence-electron chi connectivity index (χ1n) is 6.88. The van der Waals surface area contributed by atoms with Gasteiger partial charge in [0.05, 0.1) is 35.9 Å². The molecule has 0 radical (unpaired) electrons. The van der Waals surface area contributed by atoms with Crippen LogP contribution in [0.3, 0.4) is 0 Å². The van der Waals surface area contributed by atoms with Gasteiger partial charge in [0.1, 0.15) is 6.04 Å². The van der Waals surface area contributed by atoms with Gasteiger partial charge in [-0.25, -0.2) is 4.79 Å². The Morgan fingerprint density at radius 1 is 1.46 bits per heavy atom. The molecule has 1 amide bonds. The molecule has 2 heterocycles. The Bertz CT molecular complexity index is 808. The summed E-state index contributed by atoms with van der Waals surface area (Å²) in [5, 5.41) is 21.0. The normalized spacial score (nSPS) is 11.8. The van der Waals surface area contributed by atoms with E-state index in [1.807, 2.05) is 0 Å². The summed E-state index contributed by atoms with van der Waals surface area (Å²) >= 11 is 0. The predicted octanol–water partition coefficient (Wildman–Crippen LogP) is 0.820. The van der Waals surface area contributed by atoms with Crippen molar-refractivity contribution < 1.29 is 19.2 Å². The largest absolute Gasteiger partial charge is 0.464 e. The highest BCUT2D eigenvalue weighted by molar-refractivity contribution is 6.01. The van der Waals surface area contributed by atoms with E-state index in [-0.39, 0.29) is 17.2 Å². The summed E-state index contributed by atoms with van der Waals surface area (Å²) < 4.78 is 7.16. The number of nitrogens with one attached hydrogen (secondary N) is 1. The number of amides is 1. The first-order valence-corrected chi connectivity index (χ1v) is 6.88. The van der Waals surface area contributed by atoms with E-state index >= 15 is 0 Å². The summed E-state index contributed by atoms with van der Waals surface area (Å²) in [5.74, 6) is -1.50. The average molecular weight is 336 g/mol. The lowest BCUT2D eigenvalue weighted by Crippen LogP contribution is -2.26. The molecule has 2 aromatic rings. The zero-order valence-electron chi connectivity index (χ0n) is 13.5. The second-order valence-electron chi connectivity index (χ2n) is 5.03. The molecule has 0 aliphatic carbocycles. The number of ether oxygens (including phenoxy) is 1. The fourth-order valence-electron chi connectivity index (χ4n) is 2.17. The van der Waals surface area contributed by atoms with E-state index < -0.39 is 22.8 Å². The van der Waals surface area contributed by atoms with Crippen LogP contribution < -0.4 is 5.32 Å². The highest BCUT2D eigenvalue weighted by Gasteiger charge is 2.27. The van der Waals surface area contributed by atoms with Crippen LogP contribution in [0, 0.1) is 17.0 Å². The third-order valence-corrected chi connectivity index (χ3v) is 3.42. The SMILES string of the molecule is COC(=O)c1c(NC(=O)C(C)n2nc([N+](=O)[O-])cc2C)cnn1C. The molecule has 11 heteroatoms. The summed E-state index contributed by atoms with van der Waals surface area (Å²) in [6, 6.07) is 0.442. The van der Waals surface area contributed by atoms with Gasteiger partial charge in [0, 0.05) is 7.05 Å². The lowest BCUT2D eigenvalue weighted by atomic mass is 10.2. The lowest BCUT2D eigenvalue weighted by Gasteiger charge is -2.11. The number of methoxy groups -OCH3 is 1. The number of aryl methyl sites for hydroxylation is 2. The topological polar surface area (TPSA) is 134 Å². The summed E-state index contributed by atoms with van der Waals surface area (Å²) in [5.41, 5.74) is 0.727. The molecule has 0 spiro atoms. The van der Waals surface area contributed by atoms with E-state index in [2.05, 4.69) is 20.3 Å². The molecule has 2 rings (SSSR count). The molecular weight excluding hydrogens is 320 g/mol.